The number of hydrogen-bond donors (Lipinski definition) is 3. The summed E-state index contributed by atoms with van der Waals surface area (Å²) in [4.78, 5) is 14.4. The maximum Gasteiger partial charge on any atom is 0.319 e. The summed E-state index contributed by atoms with van der Waals surface area (Å²) >= 11 is 0. The monoisotopic (exact) mass is 328 g/mol. The average Bonchev–Trinajstić information content (AvgIpc) is 3.35. The van der Waals surface area contributed by atoms with Gasteiger partial charge in [-0.1, -0.05) is 18.2 Å². The lowest BCUT2D eigenvalue weighted by Gasteiger charge is -2.46. The van der Waals surface area contributed by atoms with Gasteiger partial charge >= 0.3 is 6.03 Å². The van der Waals surface area contributed by atoms with Crippen LogP contribution in [0.15, 0.2) is 18.2 Å². The first kappa shape index (κ1) is 15.9. The van der Waals surface area contributed by atoms with Crippen LogP contribution in [-0.2, 0) is 0 Å². The number of fused-ring (bicyclic) bond motifs is 2. The van der Waals surface area contributed by atoms with Gasteiger partial charge in [-0.25, -0.2) is 4.79 Å². The van der Waals surface area contributed by atoms with E-state index in [4.69, 9.17) is 0 Å². The predicted octanol–water partition coefficient (Wildman–Crippen LogP) is 2.56. The third-order valence-electron chi connectivity index (χ3n) is 6.29. The van der Waals surface area contributed by atoms with Crippen LogP contribution in [0.3, 0.4) is 0 Å². The maximum absolute atomic E-state index is 12.5. The van der Waals surface area contributed by atoms with Crippen LogP contribution in [0.2, 0.25) is 0 Å². The fourth-order valence-corrected chi connectivity index (χ4v) is 5.12. The van der Waals surface area contributed by atoms with Crippen LogP contribution in [0.4, 0.5) is 10.5 Å². The van der Waals surface area contributed by atoms with Gasteiger partial charge in [0.1, 0.15) is 0 Å². The van der Waals surface area contributed by atoms with Crippen molar-refractivity contribution in [3.63, 3.8) is 0 Å². The summed E-state index contributed by atoms with van der Waals surface area (Å²) in [5.41, 5.74) is 3.20. The van der Waals surface area contributed by atoms with Gasteiger partial charge in [-0.05, 0) is 44.2 Å². The van der Waals surface area contributed by atoms with E-state index in [-0.39, 0.29) is 6.03 Å². The van der Waals surface area contributed by atoms with Gasteiger partial charge in [0.05, 0.1) is 18.1 Å². The summed E-state index contributed by atoms with van der Waals surface area (Å²) in [7, 11) is 0. The van der Waals surface area contributed by atoms with Crippen molar-refractivity contribution >= 4 is 11.7 Å². The molecule has 1 saturated carbocycles. The highest BCUT2D eigenvalue weighted by Crippen LogP contribution is 2.27. The molecular formula is C20H30N3O+. The molecular weight excluding hydrogens is 298 g/mol. The van der Waals surface area contributed by atoms with Crippen LogP contribution >= 0.6 is 0 Å². The smallest absolute Gasteiger partial charge is 0.319 e. The van der Waals surface area contributed by atoms with Gasteiger partial charge in [0.2, 0.25) is 0 Å². The molecule has 2 unspecified atom stereocenters. The Labute approximate surface area is 145 Å². The minimum atomic E-state index is -0.0367. The van der Waals surface area contributed by atoms with Gasteiger partial charge in [0.15, 0.2) is 0 Å². The van der Waals surface area contributed by atoms with E-state index in [9.17, 15) is 4.79 Å². The lowest BCUT2D eigenvalue weighted by Crippen LogP contribution is -3.22. The molecule has 0 radical (unpaired) electrons. The molecule has 4 atom stereocenters. The van der Waals surface area contributed by atoms with Gasteiger partial charge in [0.25, 0.3) is 0 Å². The van der Waals surface area contributed by atoms with Crippen molar-refractivity contribution in [2.45, 2.75) is 83.0 Å². The number of carbonyl (C=O) groups excluding carboxylic acids is 1. The van der Waals surface area contributed by atoms with Crippen molar-refractivity contribution < 1.29 is 9.69 Å². The maximum atomic E-state index is 12.5. The lowest BCUT2D eigenvalue weighted by atomic mass is 9.81. The molecule has 0 aromatic heterocycles. The zero-order valence-corrected chi connectivity index (χ0v) is 14.9. The molecule has 2 saturated heterocycles. The van der Waals surface area contributed by atoms with Crippen molar-refractivity contribution in [1.29, 1.82) is 0 Å². The SMILES string of the molecule is Cc1cccc(C)c1NC(=O)NC1C[C@H]2CCC[C@@H](C1)[NH+]2C1CC1. The summed E-state index contributed by atoms with van der Waals surface area (Å²) < 4.78 is 0. The molecule has 4 rings (SSSR count). The number of para-hydroxylation sites is 1. The van der Waals surface area contributed by atoms with E-state index in [1.54, 1.807) is 0 Å². The highest BCUT2D eigenvalue weighted by atomic mass is 16.2. The Morgan fingerprint density at radius 2 is 1.62 bits per heavy atom. The largest absolute Gasteiger partial charge is 0.335 e. The molecule has 2 aliphatic heterocycles. The second-order valence-corrected chi connectivity index (χ2v) is 8.13. The fraction of sp³-hybridized carbons (Fsp3) is 0.650. The van der Waals surface area contributed by atoms with E-state index >= 15 is 0 Å². The van der Waals surface area contributed by atoms with Crippen molar-refractivity contribution in [1.82, 2.24) is 5.32 Å². The van der Waals surface area contributed by atoms with Crippen LogP contribution in [-0.4, -0.2) is 30.2 Å². The second-order valence-electron chi connectivity index (χ2n) is 8.13. The first-order valence-electron chi connectivity index (χ1n) is 9.62. The molecule has 24 heavy (non-hydrogen) atoms. The third kappa shape index (κ3) is 3.16. The number of benzene rings is 1. The molecule has 1 aliphatic carbocycles. The first-order chi connectivity index (χ1) is 11.6. The van der Waals surface area contributed by atoms with Gasteiger partial charge in [0, 0.05) is 37.4 Å². The van der Waals surface area contributed by atoms with Gasteiger partial charge in [-0.3, -0.25) is 0 Å². The summed E-state index contributed by atoms with van der Waals surface area (Å²) in [5.74, 6) is 0. The molecule has 3 N–H and O–H groups in total. The van der Waals surface area contributed by atoms with Crippen LogP contribution in [0, 0.1) is 13.8 Å². The molecule has 4 heteroatoms. The summed E-state index contributed by atoms with van der Waals surface area (Å²) in [5, 5.41) is 6.35. The predicted molar refractivity (Wildman–Crippen MR) is 96.5 cm³/mol. The molecule has 2 amide bonds. The molecule has 0 spiro atoms. The quantitative estimate of drug-likeness (QED) is 0.784. The van der Waals surface area contributed by atoms with E-state index in [2.05, 4.69) is 10.6 Å². The number of anilines is 1. The molecule has 130 valence electrons. The first-order valence-corrected chi connectivity index (χ1v) is 9.62. The zero-order valence-electron chi connectivity index (χ0n) is 14.9. The molecule has 1 aromatic carbocycles. The lowest BCUT2D eigenvalue weighted by molar-refractivity contribution is -0.971. The molecule has 3 aliphatic rings. The Morgan fingerprint density at radius 3 is 2.21 bits per heavy atom. The normalized spacial score (nSPS) is 32.2. The Kier molecular flexibility index (Phi) is 4.25. The molecule has 4 nitrogen and oxygen atoms in total. The minimum absolute atomic E-state index is 0.0367. The van der Waals surface area contributed by atoms with Crippen molar-refractivity contribution in [2.75, 3.05) is 5.32 Å². The Balaban J connectivity index is 1.38. The van der Waals surface area contributed by atoms with E-state index < -0.39 is 0 Å². The molecule has 2 bridgehead atoms. The van der Waals surface area contributed by atoms with E-state index in [1.807, 2.05) is 36.9 Å². The number of aryl methyl sites for hydroxylation is 2. The van der Waals surface area contributed by atoms with Gasteiger partial charge in [-0.2, -0.15) is 0 Å². The zero-order chi connectivity index (χ0) is 16.7. The van der Waals surface area contributed by atoms with Crippen LogP contribution < -0.4 is 15.5 Å². The summed E-state index contributed by atoms with van der Waals surface area (Å²) in [6, 6.07) is 8.91. The minimum Gasteiger partial charge on any atom is -0.335 e. The number of amides is 2. The number of quaternary nitrogens is 1. The number of urea groups is 1. The number of carbonyl (C=O) groups is 1. The van der Waals surface area contributed by atoms with E-state index in [1.165, 1.54) is 32.1 Å². The van der Waals surface area contributed by atoms with Gasteiger partial charge in [-0.15, -0.1) is 0 Å². The number of rotatable bonds is 3. The standard InChI is InChI=1S/C20H29N3O/c1-13-5-3-6-14(2)19(13)22-20(24)21-15-11-17-7-4-8-18(12-15)23(17)16-9-10-16/h3,5-6,15-18H,4,7-12H2,1-2H3,(H2,21,22,24)/p+1/t15?,17-,18+. The molecule has 1 aromatic rings. The van der Waals surface area contributed by atoms with Crippen LogP contribution in [0.5, 0.6) is 0 Å². The number of hydrogen-bond acceptors (Lipinski definition) is 1. The third-order valence-corrected chi connectivity index (χ3v) is 6.29. The molecule has 2 heterocycles. The Hall–Kier alpha value is -1.55. The van der Waals surface area contributed by atoms with E-state index in [0.29, 0.717) is 6.04 Å². The van der Waals surface area contributed by atoms with Crippen molar-refractivity contribution in [3.8, 4) is 0 Å². The van der Waals surface area contributed by atoms with E-state index in [0.717, 1.165) is 47.8 Å². The Morgan fingerprint density at radius 1 is 1.00 bits per heavy atom. The van der Waals surface area contributed by atoms with Gasteiger partial charge < -0.3 is 15.5 Å². The van der Waals surface area contributed by atoms with Crippen LogP contribution in [0.25, 0.3) is 0 Å². The number of piperidine rings is 2. The van der Waals surface area contributed by atoms with Crippen molar-refractivity contribution in [2.24, 2.45) is 0 Å². The highest BCUT2D eigenvalue weighted by Gasteiger charge is 2.48. The van der Waals surface area contributed by atoms with Crippen LogP contribution in [0.1, 0.15) is 56.1 Å². The number of nitrogens with one attached hydrogen (secondary N) is 3. The topological polar surface area (TPSA) is 45.6 Å². The average molecular weight is 328 g/mol. The van der Waals surface area contributed by atoms with Crippen molar-refractivity contribution in [3.05, 3.63) is 29.3 Å². The Bertz CT molecular complexity index is 591. The fourth-order valence-electron chi connectivity index (χ4n) is 5.12. The summed E-state index contributed by atoms with van der Waals surface area (Å²) in [6.07, 6.45) is 9.23. The summed E-state index contributed by atoms with van der Waals surface area (Å²) in [6.45, 7) is 4.09. The highest BCUT2D eigenvalue weighted by molar-refractivity contribution is 5.91. The molecule has 3 fully saturated rings. The second kappa shape index (κ2) is 6.40.